The van der Waals surface area contributed by atoms with E-state index in [0.717, 1.165) is 39.5 Å². The largest absolute Gasteiger partial charge is 0.497 e. The van der Waals surface area contributed by atoms with Crippen molar-refractivity contribution in [1.29, 1.82) is 0 Å². The number of benzene rings is 2. The van der Waals surface area contributed by atoms with Gasteiger partial charge in [-0.15, -0.1) is 0 Å². The Bertz CT molecular complexity index is 1190. The highest BCUT2D eigenvalue weighted by molar-refractivity contribution is 7.88. The highest BCUT2D eigenvalue weighted by Gasteiger charge is 2.24. The molecule has 1 N–H and O–H groups in total. The predicted octanol–water partition coefficient (Wildman–Crippen LogP) is 4.13. The topological polar surface area (TPSA) is 71.5 Å². The van der Waals surface area contributed by atoms with Crippen LogP contribution in [0.1, 0.15) is 16.7 Å². The molecule has 1 aliphatic heterocycles. The first kappa shape index (κ1) is 20.4. The van der Waals surface area contributed by atoms with Gasteiger partial charge in [-0.3, -0.25) is 4.98 Å². The van der Waals surface area contributed by atoms with Gasteiger partial charge >= 0.3 is 0 Å². The maximum atomic E-state index is 11.9. The van der Waals surface area contributed by atoms with E-state index < -0.39 is 10.0 Å². The summed E-state index contributed by atoms with van der Waals surface area (Å²) >= 11 is 0. The van der Waals surface area contributed by atoms with Crippen LogP contribution in [0.3, 0.4) is 0 Å². The number of fused-ring (bicyclic) bond motifs is 1. The number of rotatable bonds is 5. The third-order valence-electron chi connectivity index (χ3n) is 5.46. The summed E-state index contributed by atoms with van der Waals surface area (Å²) in [6.07, 6.45) is 3.69. The summed E-state index contributed by atoms with van der Waals surface area (Å²) < 4.78 is 30.7. The van der Waals surface area contributed by atoms with Crippen molar-refractivity contribution in [2.75, 3.05) is 25.2 Å². The molecule has 0 bridgehead atoms. The van der Waals surface area contributed by atoms with Crippen LogP contribution in [-0.2, 0) is 23.0 Å². The summed E-state index contributed by atoms with van der Waals surface area (Å²) in [4.78, 5) is 4.50. The Morgan fingerprint density at radius 3 is 2.73 bits per heavy atom. The molecule has 0 amide bonds. The van der Waals surface area contributed by atoms with Crippen molar-refractivity contribution < 1.29 is 13.2 Å². The first-order valence-corrected chi connectivity index (χ1v) is 11.6. The van der Waals surface area contributed by atoms with Gasteiger partial charge < -0.3 is 10.1 Å². The standard InChI is InChI=1S/C23H25N3O3S/c1-16-7-8-18(13-21(16)23-14-19(29-2)9-11-24-23)25-22-6-4-5-17-15-26(30(3,27)28)12-10-20(17)22/h4-9,11,13-14,25H,10,12,15H2,1-3H3. The first-order valence-electron chi connectivity index (χ1n) is 9.79. The molecule has 2 heterocycles. The number of sulfonamides is 1. The van der Waals surface area contributed by atoms with Gasteiger partial charge in [-0.1, -0.05) is 18.2 Å². The van der Waals surface area contributed by atoms with Crippen LogP contribution in [0.5, 0.6) is 5.75 Å². The number of pyridine rings is 1. The molecule has 156 valence electrons. The number of aromatic nitrogens is 1. The summed E-state index contributed by atoms with van der Waals surface area (Å²) in [5, 5.41) is 3.52. The zero-order valence-electron chi connectivity index (χ0n) is 17.3. The van der Waals surface area contributed by atoms with E-state index in [1.165, 1.54) is 16.1 Å². The minimum atomic E-state index is -3.19. The maximum absolute atomic E-state index is 11.9. The smallest absolute Gasteiger partial charge is 0.211 e. The summed E-state index contributed by atoms with van der Waals surface area (Å²) in [5.74, 6) is 0.769. The Balaban J connectivity index is 1.65. The van der Waals surface area contributed by atoms with Crippen molar-refractivity contribution in [2.45, 2.75) is 19.9 Å². The number of nitrogens with zero attached hydrogens (tertiary/aromatic N) is 2. The van der Waals surface area contributed by atoms with Crippen LogP contribution in [0, 0.1) is 6.92 Å². The lowest BCUT2D eigenvalue weighted by Gasteiger charge is -2.28. The Hall–Kier alpha value is -2.90. The highest BCUT2D eigenvalue weighted by Crippen LogP contribution is 2.32. The Labute approximate surface area is 177 Å². The van der Waals surface area contributed by atoms with Gasteiger partial charge in [0.25, 0.3) is 0 Å². The SMILES string of the molecule is COc1ccnc(-c2cc(Nc3cccc4c3CCN(S(C)(=O)=O)C4)ccc2C)c1. The van der Waals surface area contributed by atoms with Crippen molar-refractivity contribution in [3.63, 3.8) is 0 Å². The number of hydrogen-bond donors (Lipinski definition) is 1. The van der Waals surface area contributed by atoms with E-state index in [9.17, 15) is 8.42 Å². The second kappa shape index (κ2) is 8.08. The number of hydrogen-bond acceptors (Lipinski definition) is 5. The highest BCUT2D eigenvalue weighted by atomic mass is 32.2. The molecule has 3 aromatic rings. The Morgan fingerprint density at radius 2 is 1.97 bits per heavy atom. The quantitative estimate of drug-likeness (QED) is 0.668. The predicted molar refractivity (Wildman–Crippen MR) is 120 cm³/mol. The lowest BCUT2D eigenvalue weighted by atomic mass is 9.98. The van der Waals surface area contributed by atoms with E-state index in [1.807, 2.05) is 36.4 Å². The van der Waals surface area contributed by atoms with Gasteiger partial charge in [0.15, 0.2) is 0 Å². The Morgan fingerprint density at radius 1 is 1.13 bits per heavy atom. The van der Waals surface area contributed by atoms with Crippen LogP contribution in [0.25, 0.3) is 11.3 Å². The lowest BCUT2D eigenvalue weighted by Crippen LogP contribution is -2.35. The van der Waals surface area contributed by atoms with Gasteiger partial charge in [-0.2, -0.15) is 4.31 Å². The van der Waals surface area contributed by atoms with Crippen LogP contribution < -0.4 is 10.1 Å². The average Bonchev–Trinajstić information content (AvgIpc) is 2.74. The zero-order chi connectivity index (χ0) is 21.3. The minimum Gasteiger partial charge on any atom is -0.497 e. The number of aryl methyl sites for hydroxylation is 1. The second-order valence-electron chi connectivity index (χ2n) is 7.53. The molecule has 4 rings (SSSR count). The van der Waals surface area contributed by atoms with E-state index in [1.54, 1.807) is 13.3 Å². The van der Waals surface area contributed by atoms with Crippen molar-refractivity contribution in [1.82, 2.24) is 9.29 Å². The number of ether oxygens (including phenoxy) is 1. The van der Waals surface area contributed by atoms with Gasteiger partial charge in [0.2, 0.25) is 10.0 Å². The van der Waals surface area contributed by atoms with Crippen LogP contribution in [-0.4, -0.2) is 37.6 Å². The number of nitrogens with one attached hydrogen (secondary N) is 1. The van der Waals surface area contributed by atoms with E-state index in [4.69, 9.17) is 4.74 Å². The molecule has 0 atom stereocenters. The third kappa shape index (κ3) is 4.17. The third-order valence-corrected chi connectivity index (χ3v) is 6.71. The minimum absolute atomic E-state index is 0.413. The fraction of sp³-hybridized carbons (Fsp3) is 0.261. The van der Waals surface area contributed by atoms with Crippen LogP contribution in [0.4, 0.5) is 11.4 Å². The van der Waals surface area contributed by atoms with Crippen LogP contribution >= 0.6 is 0 Å². The van der Waals surface area contributed by atoms with E-state index in [2.05, 4.69) is 29.4 Å². The van der Waals surface area contributed by atoms with Crippen molar-refractivity contribution >= 4 is 21.4 Å². The van der Waals surface area contributed by atoms with Gasteiger partial charge in [0.1, 0.15) is 5.75 Å². The molecule has 0 saturated carbocycles. The summed E-state index contributed by atoms with van der Waals surface area (Å²) in [5.41, 5.74) is 7.19. The van der Waals surface area contributed by atoms with Gasteiger partial charge in [0.05, 0.1) is 19.1 Å². The fourth-order valence-electron chi connectivity index (χ4n) is 3.80. The molecule has 1 aliphatic rings. The molecule has 0 unspecified atom stereocenters. The van der Waals surface area contributed by atoms with E-state index in [-0.39, 0.29) is 0 Å². The molecular weight excluding hydrogens is 398 g/mol. The molecular formula is C23H25N3O3S. The van der Waals surface area contributed by atoms with E-state index in [0.29, 0.717) is 19.5 Å². The molecule has 0 fully saturated rings. The van der Waals surface area contributed by atoms with Crippen molar-refractivity contribution in [2.24, 2.45) is 0 Å². The first-order chi connectivity index (χ1) is 14.3. The van der Waals surface area contributed by atoms with Crippen LogP contribution in [0.2, 0.25) is 0 Å². The van der Waals surface area contributed by atoms with Gasteiger partial charge in [0, 0.05) is 42.3 Å². The molecule has 2 aromatic carbocycles. The average molecular weight is 424 g/mol. The monoisotopic (exact) mass is 423 g/mol. The maximum Gasteiger partial charge on any atom is 0.211 e. The fourth-order valence-corrected chi connectivity index (χ4v) is 4.60. The number of anilines is 2. The molecule has 0 spiro atoms. The van der Waals surface area contributed by atoms with Crippen LogP contribution in [0.15, 0.2) is 54.7 Å². The summed E-state index contributed by atoms with van der Waals surface area (Å²) in [7, 11) is -1.55. The molecule has 30 heavy (non-hydrogen) atoms. The molecule has 0 aliphatic carbocycles. The second-order valence-corrected chi connectivity index (χ2v) is 9.51. The molecule has 1 aromatic heterocycles. The molecule has 7 heteroatoms. The number of methoxy groups -OCH3 is 1. The van der Waals surface area contributed by atoms with Gasteiger partial charge in [-0.25, -0.2) is 8.42 Å². The van der Waals surface area contributed by atoms with E-state index >= 15 is 0 Å². The normalized spacial score (nSPS) is 14.2. The van der Waals surface area contributed by atoms with Crippen molar-refractivity contribution in [3.05, 3.63) is 71.4 Å². The molecule has 0 saturated heterocycles. The molecule has 6 nitrogen and oxygen atoms in total. The zero-order valence-corrected chi connectivity index (χ0v) is 18.2. The molecule has 0 radical (unpaired) electrons. The van der Waals surface area contributed by atoms with Gasteiger partial charge in [-0.05, 0) is 54.3 Å². The summed E-state index contributed by atoms with van der Waals surface area (Å²) in [6, 6.07) is 16.0. The summed E-state index contributed by atoms with van der Waals surface area (Å²) in [6.45, 7) is 2.97. The lowest BCUT2D eigenvalue weighted by molar-refractivity contribution is 0.395. The Kier molecular flexibility index (Phi) is 5.49. The van der Waals surface area contributed by atoms with Crippen molar-refractivity contribution in [3.8, 4) is 17.0 Å².